The number of hydrogen-bond donors (Lipinski definition) is 1. The van der Waals surface area contributed by atoms with Gasteiger partial charge in [-0.3, -0.25) is 0 Å². The third-order valence-corrected chi connectivity index (χ3v) is 4.10. The minimum atomic E-state index is 0.608. The predicted octanol–water partition coefficient (Wildman–Crippen LogP) is 5.27. The smallest absolute Gasteiger partial charge is 0.223 e. The van der Waals surface area contributed by atoms with Gasteiger partial charge in [0.25, 0.3) is 0 Å². The minimum absolute atomic E-state index is 0.608. The Morgan fingerprint density at radius 1 is 1.15 bits per heavy atom. The van der Waals surface area contributed by atoms with Crippen molar-refractivity contribution in [2.75, 3.05) is 6.54 Å². The van der Waals surface area contributed by atoms with E-state index >= 15 is 0 Å². The Kier molecular flexibility index (Phi) is 6.01. The van der Waals surface area contributed by atoms with Gasteiger partial charge in [-0.2, -0.15) is 0 Å². The van der Waals surface area contributed by atoms with Crippen LogP contribution in [0.15, 0.2) is 43.9 Å². The van der Waals surface area contributed by atoms with Gasteiger partial charge in [-0.25, -0.2) is 4.98 Å². The molecule has 0 aliphatic heterocycles. The standard InChI is InChI=1S/C14H13Br3N2O/c1-2-18-7-9-5-11(16)8-19-14(9)20-13-4-3-10(15)6-12(13)17/h3-6,8,18H,2,7H2,1H3. The fourth-order valence-electron chi connectivity index (χ4n) is 1.61. The first-order valence-electron chi connectivity index (χ1n) is 6.08. The Morgan fingerprint density at radius 2 is 1.95 bits per heavy atom. The number of benzene rings is 1. The molecule has 1 aromatic heterocycles. The number of pyridine rings is 1. The average Bonchev–Trinajstić information content (AvgIpc) is 2.41. The number of nitrogens with one attached hydrogen (secondary N) is 1. The fraction of sp³-hybridized carbons (Fsp3) is 0.214. The average molecular weight is 465 g/mol. The summed E-state index contributed by atoms with van der Waals surface area (Å²) in [5.41, 5.74) is 1.01. The van der Waals surface area contributed by atoms with Crippen molar-refractivity contribution in [3.63, 3.8) is 0 Å². The monoisotopic (exact) mass is 462 g/mol. The molecule has 0 aliphatic carbocycles. The number of aromatic nitrogens is 1. The van der Waals surface area contributed by atoms with Crippen LogP contribution in [-0.4, -0.2) is 11.5 Å². The molecule has 0 spiro atoms. The van der Waals surface area contributed by atoms with Crippen LogP contribution in [0.2, 0.25) is 0 Å². The molecule has 6 heteroatoms. The molecular weight excluding hydrogens is 452 g/mol. The SMILES string of the molecule is CCNCc1cc(Br)cnc1Oc1ccc(Br)cc1Br. The topological polar surface area (TPSA) is 34.2 Å². The Morgan fingerprint density at radius 3 is 2.65 bits per heavy atom. The molecule has 0 amide bonds. The van der Waals surface area contributed by atoms with Gasteiger partial charge >= 0.3 is 0 Å². The largest absolute Gasteiger partial charge is 0.438 e. The Hall–Kier alpha value is -0.430. The lowest BCUT2D eigenvalue weighted by Gasteiger charge is -2.12. The highest BCUT2D eigenvalue weighted by atomic mass is 79.9. The van der Waals surface area contributed by atoms with Crippen LogP contribution in [0.5, 0.6) is 11.6 Å². The second-order valence-corrected chi connectivity index (χ2v) is 6.76. The number of hydrogen-bond acceptors (Lipinski definition) is 3. The van der Waals surface area contributed by atoms with Gasteiger partial charge in [0, 0.05) is 27.3 Å². The summed E-state index contributed by atoms with van der Waals surface area (Å²) in [6, 6.07) is 7.79. The van der Waals surface area contributed by atoms with Gasteiger partial charge < -0.3 is 10.1 Å². The van der Waals surface area contributed by atoms with Crippen LogP contribution in [0, 0.1) is 0 Å². The van der Waals surface area contributed by atoms with Gasteiger partial charge in [-0.1, -0.05) is 22.9 Å². The summed E-state index contributed by atoms with van der Waals surface area (Å²) in [4.78, 5) is 4.35. The summed E-state index contributed by atoms with van der Waals surface area (Å²) in [5, 5.41) is 3.28. The molecule has 3 nitrogen and oxygen atoms in total. The van der Waals surface area contributed by atoms with Crippen molar-refractivity contribution in [3.05, 3.63) is 49.4 Å². The maximum atomic E-state index is 5.91. The van der Waals surface area contributed by atoms with Gasteiger partial charge in [0.1, 0.15) is 5.75 Å². The molecule has 0 bridgehead atoms. The molecule has 0 radical (unpaired) electrons. The van der Waals surface area contributed by atoms with E-state index in [4.69, 9.17) is 4.74 Å². The molecule has 0 aliphatic rings. The van der Waals surface area contributed by atoms with Gasteiger partial charge in [-0.05, 0) is 62.7 Å². The molecule has 2 rings (SSSR count). The van der Waals surface area contributed by atoms with Gasteiger partial charge in [0.15, 0.2) is 0 Å². The second-order valence-electron chi connectivity index (χ2n) is 4.07. The van der Waals surface area contributed by atoms with Crippen LogP contribution in [0.1, 0.15) is 12.5 Å². The van der Waals surface area contributed by atoms with E-state index < -0.39 is 0 Å². The zero-order valence-electron chi connectivity index (χ0n) is 10.8. The highest BCUT2D eigenvalue weighted by Crippen LogP contribution is 2.33. The molecule has 20 heavy (non-hydrogen) atoms. The third-order valence-electron chi connectivity index (χ3n) is 2.56. The van der Waals surface area contributed by atoms with Crippen LogP contribution in [0.3, 0.4) is 0 Å². The lowest BCUT2D eigenvalue weighted by atomic mass is 10.2. The van der Waals surface area contributed by atoms with Crippen LogP contribution in [0.25, 0.3) is 0 Å². The van der Waals surface area contributed by atoms with Crippen molar-refractivity contribution in [2.45, 2.75) is 13.5 Å². The molecule has 106 valence electrons. The molecule has 0 unspecified atom stereocenters. The van der Waals surface area contributed by atoms with Gasteiger partial charge in [0.05, 0.1) is 4.47 Å². The lowest BCUT2D eigenvalue weighted by Crippen LogP contribution is -2.13. The van der Waals surface area contributed by atoms with Crippen molar-refractivity contribution in [3.8, 4) is 11.6 Å². The molecule has 0 saturated carbocycles. The van der Waals surface area contributed by atoms with E-state index in [2.05, 4.69) is 65.0 Å². The molecule has 0 saturated heterocycles. The Balaban J connectivity index is 2.27. The Bertz CT molecular complexity index is 605. The summed E-state index contributed by atoms with van der Waals surface area (Å²) in [7, 11) is 0. The van der Waals surface area contributed by atoms with Crippen LogP contribution in [0.4, 0.5) is 0 Å². The minimum Gasteiger partial charge on any atom is -0.438 e. The van der Waals surface area contributed by atoms with E-state index in [0.29, 0.717) is 12.4 Å². The van der Waals surface area contributed by atoms with Crippen molar-refractivity contribution in [1.29, 1.82) is 0 Å². The van der Waals surface area contributed by atoms with E-state index in [0.717, 1.165) is 31.3 Å². The number of halogens is 3. The van der Waals surface area contributed by atoms with E-state index in [1.165, 1.54) is 0 Å². The van der Waals surface area contributed by atoms with Crippen molar-refractivity contribution in [1.82, 2.24) is 10.3 Å². The third kappa shape index (κ3) is 4.28. The number of ether oxygens (including phenoxy) is 1. The molecule has 1 aromatic carbocycles. The molecule has 1 N–H and O–H groups in total. The molecule has 0 fully saturated rings. The van der Waals surface area contributed by atoms with Crippen molar-refractivity contribution >= 4 is 47.8 Å². The van der Waals surface area contributed by atoms with Crippen LogP contribution >= 0.6 is 47.8 Å². The van der Waals surface area contributed by atoms with E-state index in [1.807, 2.05) is 24.3 Å². The predicted molar refractivity (Wildman–Crippen MR) is 91.2 cm³/mol. The maximum absolute atomic E-state index is 5.91. The van der Waals surface area contributed by atoms with Crippen molar-refractivity contribution in [2.24, 2.45) is 0 Å². The highest BCUT2D eigenvalue weighted by molar-refractivity contribution is 9.11. The first-order valence-corrected chi connectivity index (χ1v) is 8.46. The van der Waals surface area contributed by atoms with Crippen LogP contribution in [-0.2, 0) is 6.54 Å². The maximum Gasteiger partial charge on any atom is 0.223 e. The van der Waals surface area contributed by atoms with Crippen LogP contribution < -0.4 is 10.1 Å². The zero-order chi connectivity index (χ0) is 14.5. The molecule has 2 aromatic rings. The Labute approximate surface area is 143 Å². The molecule has 1 heterocycles. The first kappa shape index (κ1) is 15.9. The van der Waals surface area contributed by atoms with Gasteiger partial charge in [0.2, 0.25) is 5.88 Å². The van der Waals surface area contributed by atoms with E-state index in [1.54, 1.807) is 6.20 Å². The highest BCUT2D eigenvalue weighted by Gasteiger charge is 2.10. The summed E-state index contributed by atoms with van der Waals surface area (Å²) in [6.07, 6.45) is 1.73. The second kappa shape index (κ2) is 7.54. The number of nitrogens with zero attached hydrogens (tertiary/aromatic N) is 1. The lowest BCUT2D eigenvalue weighted by molar-refractivity contribution is 0.450. The van der Waals surface area contributed by atoms with E-state index in [9.17, 15) is 0 Å². The van der Waals surface area contributed by atoms with Crippen molar-refractivity contribution < 1.29 is 4.74 Å². The van der Waals surface area contributed by atoms with E-state index in [-0.39, 0.29) is 0 Å². The first-order chi connectivity index (χ1) is 9.60. The summed E-state index contributed by atoms with van der Waals surface area (Å²) >= 11 is 10.3. The molecular formula is C14H13Br3N2O. The summed E-state index contributed by atoms with van der Waals surface area (Å²) in [5.74, 6) is 1.35. The van der Waals surface area contributed by atoms with Gasteiger partial charge in [-0.15, -0.1) is 0 Å². The quantitative estimate of drug-likeness (QED) is 0.654. The normalized spacial score (nSPS) is 10.6. The number of rotatable bonds is 5. The fourth-order valence-corrected chi connectivity index (χ4v) is 3.12. The summed E-state index contributed by atoms with van der Waals surface area (Å²) in [6.45, 7) is 3.68. The summed E-state index contributed by atoms with van der Waals surface area (Å²) < 4.78 is 8.72. The molecule has 0 atom stereocenters. The zero-order valence-corrected chi connectivity index (χ0v) is 15.5.